The number of hydrogen-bond acceptors (Lipinski definition) is 2. The van der Waals surface area contributed by atoms with E-state index in [0.29, 0.717) is 0 Å². The van der Waals surface area contributed by atoms with Crippen LogP contribution in [0.15, 0.2) is 36.5 Å². The molecule has 0 aliphatic carbocycles. The zero-order valence-electron chi connectivity index (χ0n) is 12.8. The van der Waals surface area contributed by atoms with Gasteiger partial charge in [0.05, 0.1) is 0 Å². The second kappa shape index (κ2) is 11.5. The first kappa shape index (κ1) is 16.7. The lowest BCUT2D eigenvalue weighted by Gasteiger charge is -2.08. The number of para-hydroxylation sites is 1. The van der Waals surface area contributed by atoms with Crippen molar-refractivity contribution in [3.05, 3.63) is 36.5 Å². The summed E-state index contributed by atoms with van der Waals surface area (Å²) in [4.78, 5) is 3.12. The Morgan fingerprint density at radius 3 is 2.10 bits per heavy atom. The quantitative estimate of drug-likeness (QED) is 0.871. The van der Waals surface area contributed by atoms with Crippen molar-refractivity contribution in [1.29, 1.82) is 0 Å². The maximum Gasteiger partial charge on any atom is 0.0453 e. The van der Waals surface area contributed by atoms with E-state index < -0.39 is 0 Å². The third-order valence-electron chi connectivity index (χ3n) is 3.08. The highest BCUT2D eigenvalue weighted by molar-refractivity contribution is 5.78. The number of H-pyrrole nitrogens is 1. The molecule has 3 rings (SSSR count). The van der Waals surface area contributed by atoms with E-state index in [0.717, 1.165) is 13.2 Å². The minimum absolute atomic E-state index is 0.844. The van der Waals surface area contributed by atoms with Gasteiger partial charge in [-0.2, -0.15) is 0 Å². The van der Waals surface area contributed by atoms with Crippen molar-refractivity contribution >= 4 is 10.9 Å². The van der Waals surface area contributed by atoms with Crippen molar-refractivity contribution in [2.45, 2.75) is 33.1 Å². The molecule has 1 aromatic carbocycles. The Morgan fingerprint density at radius 1 is 0.950 bits per heavy atom. The number of benzene rings is 1. The van der Waals surface area contributed by atoms with Crippen molar-refractivity contribution in [1.82, 2.24) is 10.3 Å². The lowest BCUT2D eigenvalue weighted by molar-refractivity contribution is 0.162. The van der Waals surface area contributed by atoms with Crippen LogP contribution in [0.4, 0.5) is 0 Å². The fourth-order valence-corrected chi connectivity index (χ4v) is 2.00. The monoisotopic (exact) mass is 276 g/mol. The largest absolute Gasteiger partial charge is 0.382 e. The van der Waals surface area contributed by atoms with Gasteiger partial charge in [-0.1, -0.05) is 24.6 Å². The van der Waals surface area contributed by atoms with Crippen LogP contribution in [-0.2, 0) is 4.74 Å². The van der Waals surface area contributed by atoms with Gasteiger partial charge >= 0.3 is 0 Å². The van der Waals surface area contributed by atoms with E-state index in [-0.39, 0.29) is 0 Å². The topological polar surface area (TPSA) is 37.0 Å². The molecule has 2 heterocycles. The van der Waals surface area contributed by atoms with Gasteiger partial charge in [-0.15, -0.1) is 0 Å². The maximum absolute atomic E-state index is 4.83. The Balaban J connectivity index is 0.000000160. The van der Waals surface area contributed by atoms with Gasteiger partial charge in [-0.05, 0) is 57.3 Å². The molecule has 1 aliphatic rings. The number of fused-ring (bicyclic) bond motifs is 1. The van der Waals surface area contributed by atoms with Crippen LogP contribution in [0.2, 0.25) is 0 Å². The standard InChI is InChI=1S/C8H7N.C5H11N.C4H10O/c1-2-4-8-7(3-1)5-6-9-8;1-2-4-6-5-3-1;1-3-5-4-2/h1-6,9H;6H,1-5H2;3-4H2,1-2H3. The van der Waals surface area contributed by atoms with Crippen LogP contribution >= 0.6 is 0 Å². The average Bonchev–Trinajstić information content (AvgIpc) is 3.00. The summed E-state index contributed by atoms with van der Waals surface area (Å²) in [5, 5.41) is 4.56. The molecule has 0 amide bonds. The Kier molecular flexibility index (Phi) is 9.62. The van der Waals surface area contributed by atoms with Gasteiger partial charge in [-0.25, -0.2) is 0 Å². The van der Waals surface area contributed by atoms with E-state index in [9.17, 15) is 0 Å². The first-order valence-electron chi connectivity index (χ1n) is 7.69. The smallest absolute Gasteiger partial charge is 0.0453 e. The highest BCUT2D eigenvalue weighted by atomic mass is 16.5. The second-order valence-electron chi connectivity index (χ2n) is 4.66. The SMILES string of the molecule is C1CCNCC1.CCOCC.c1ccc2[nH]ccc2c1. The van der Waals surface area contributed by atoms with Gasteiger partial charge in [-0.3, -0.25) is 0 Å². The number of piperidine rings is 1. The number of aromatic nitrogens is 1. The van der Waals surface area contributed by atoms with E-state index >= 15 is 0 Å². The highest BCUT2D eigenvalue weighted by Crippen LogP contribution is 2.09. The summed E-state index contributed by atoms with van der Waals surface area (Å²) in [6.07, 6.45) is 6.16. The molecule has 0 atom stereocenters. The summed E-state index contributed by atoms with van der Waals surface area (Å²) >= 11 is 0. The summed E-state index contributed by atoms with van der Waals surface area (Å²) < 4.78 is 4.83. The molecule has 3 nitrogen and oxygen atoms in total. The molecular weight excluding hydrogens is 248 g/mol. The second-order valence-corrected chi connectivity index (χ2v) is 4.66. The zero-order chi connectivity index (χ0) is 14.5. The molecule has 20 heavy (non-hydrogen) atoms. The third kappa shape index (κ3) is 7.31. The van der Waals surface area contributed by atoms with Gasteiger partial charge in [0.2, 0.25) is 0 Å². The number of ether oxygens (including phenoxy) is 1. The molecule has 0 bridgehead atoms. The minimum Gasteiger partial charge on any atom is -0.382 e. The number of hydrogen-bond donors (Lipinski definition) is 2. The highest BCUT2D eigenvalue weighted by Gasteiger charge is 1.93. The molecule has 112 valence electrons. The van der Waals surface area contributed by atoms with E-state index in [1.54, 1.807) is 0 Å². The first-order valence-corrected chi connectivity index (χ1v) is 7.69. The maximum atomic E-state index is 4.83. The van der Waals surface area contributed by atoms with Crippen LogP contribution in [-0.4, -0.2) is 31.3 Å². The van der Waals surface area contributed by atoms with Crippen LogP contribution in [0.1, 0.15) is 33.1 Å². The molecule has 0 spiro atoms. The summed E-state index contributed by atoms with van der Waals surface area (Å²) in [6.45, 7) is 8.17. The molecule has 1 fully saturated rings. The summed E-state index contributed by atoms with van der Waals surface area (Å²) in [6, 6.07) is 10.3. The van der Waals surface area contributed by atoms with Crippen molar-refractivity contribution in [3.63, 3.8) is 0 Å². The lowest BCUT2D eigenvalue weighted by atomic mass is 10.2. The number of nitrogens with one attached hydrogen (secondary N) is 2. The van der Waals surface area contributed by atoms with Crippen LogP contribution in [0, 0.1) is 0 Å². The molecule has 1 aromatic heterocycles. The molecule has 2 aromatic rings. The summed E-state index contributed by atoms with van der Waals surface area (Å²) in [7, 11) is 0. The van der Waals surface area contributed by atoms with Crippen molar-refractivity contribution < 1.29 is 4.74 Å². The van der Waals surface area contributed by atoms with Crippen LogP contribution < -0.4 is 5.32 Å². The van der Waals surface area contributed by atoms with Gasteiger partial charge < -0.3 is 15.0 Å². The van der Waals surface area contributed by atoms with Crippen molar-refractivity contribution in [3.8, 4) is 0 Å². The van der Waals surface area contributed by atoms with E-state index in [4.69, 9.17) is 4.74 Å². The molecule has 1 saturated heterocycles. The molecule has 3 heteroatoms. The third-order valence-corrected chi connectivity index (χ3v) is 3.08. The van der Waals surface area contributed by atoms with Crippen LogP contribution in [0.3, 0.4) is 0 Å². The van der Waals surface area contributed by atoms with E-state index in [1.807, 2.05) is 32.2 Å². The van der Waals surface area contributed by atoms with Gasteiger partial charge in [0.15, 0.2) is 0 Å². The molecule has 2 N–H and O–H groups in total. The first-order chi connectivity index (χ1) is 9.88. The Morgan fingerprint density at radius 2 is 1.65 bits per heavy atom. The van der Waals surface area contributed by atoms with E-state index in [1.165, 1.54) is 43.3 Å². The minimum atomic E-state index is 0.844. The Labute approximate surface area is 122 Å². The van der Waals surface area contributed by atoms with Crippen molar-refractivity contribution in [2.24, 2.45) is 0 Å². The summed E-state index contributed by atoms with van der Waals surface area (Å²) in [5.74, 6) is 0. The molecule has 1 aliphatic heterocycles. The molecular formula is C17H28N2O. The average molecular weight is 276 g/mol. The predicted octanol–water partition coefficient (Wildman–Crippen LogP) is 3.97. The van der Waals surface area contributed by atoms with Crippen LogP contribution in [0.5, 0.6) is 0 Å². The van der Waals surface area contributed by atoms with Crippen molar-refractivity contribution in [2.75, 3.05) is 26.3 Å². The Bertz CT molecular complexity index is 391. The van der Waals surface area contributed by atoms with Gasteiger partial charge in [0.1, 0.15) is 0 Å². The van der Waals surface area contributed by atoms with Crippen LogP contribution in [0.25, 0.3) is 10.9 Å². The number of rotatable bonds is 2. The fourth-order valence-electron chi connectivity index (χ4n) is 2.00. The molecule has 0 radical (unpaired) electrons. The predicted molar refractivity (Wildman–Crippen MR) is 87.2 cm³/mol. The molecule has 0 unspecified atom stereocenters. The number of aromatic amines is 1. The van der Waals surface area contributed by atoms with E-state index in [2.05, 4.69) is 28.5 Å². The summed E-state index contributed by atoms with van der Waals surface area (Å²) in [5.41, 5.74) is 1.21. The fraction of sp³-hybridized carbons (Fsp3) is 0.529. The molecule has 0 saturated carbocycles. The normalized spacial score (nSPS) is 13.9. The van der Waals surface area contributed by atoms with Gasteiger partial charge in [0.25, 0.3) is 0 Å². The van der Waals surface area contributed by atoms with Gasteiger partial charge in [0, 0.05) is 24.9 Å². The Hall–Kier alpha value is -1.32. The zero-order valence-corrected chi connectivity index (χ0v) is 12.8. The lowest BCUT2D eigenvalue weighted by Crippen LogP contribution is -2.21.